The Hall–Kier alpha value is -5.02. The minimum Gasteiger partial charge on any atom is -0.497 e. The van der Waals surface area contributed by atoms with E-state index in [-0.39, 0.29) is 11.4 Å². The van der Waals surface area contributed by atoms with Crippen LogP contribution in [0.15, 0.2) is 109 Å². The third kappa shape index (κ3) is 3.66. The first-order valence-corrected chi connectivity index (χ1v) is 12.3. The van der Waals surface area contributed by atoms with Gasteiger partial charge in [0.15, 0.2) is 6.10 Å². The van der Waals surface area contributed by atoms with E-state index in [1.165, 1.54) is 24.3 Å². The molecule has 3 atom stereocenters. The molecule has 9 heteroatoms. The van der Waals surface area contributed by atoms with E-state index in [1.807, 2.05) is 72.8 Å². The predicted molar refractivity (Wildman–Crippen MR) is 143 cm³/mol. The van der Waals surface area contributed by atoms with E-state index in [9.17, 15) is 19.7 Å². The fourth-order valence-corrected chi connectivity index (χ4v) is 5.56. The predicted octanol–water partition coefficient (Wildman–Crippen LogP) is 4.98. The summed E-state index contributed by atoms with van der Waals surface area (Å²) in [6, 6.07) is 30.4. The molecule has 4 aromatic carbocycles. The van der Waals surface area contributed by atoms with Gasteiger partial charge in [-0.1, -0.05) is 66.7 Å². The number of rotatable bonds is 6. The molecule has 2 amide bonds. The van der Waals surface area contributed by atoms with Crippen molar-refractivity contribution >= 4 is 28.9 Å². The van der Waals surface area contributed by atoms with Crippen molar-refractivity contribution in [2.24, 2.45) is 0 Å². The number of hydrogen-bond donors (Lipinski definition) is 0. The lowest BCUT2D eigenvalue weighted by Crippen LogP contribution is -2.46. The van der Waals surface area contributed by atoms with Crippen LogP contribution in [0.3, 0.4) is 0 Å². The first-order chi connectivity index (χ1) is 19.0. The van der Waals surface area contributed by atoms with Crippen molar-refractivity contribution in [1.29, 1.82) is 0 Å². The molecule has 0 radical (unpaired) electrons. The standard InChI is InChI=1S/C30H23N3O6/c1-38-25-17-15-20(16-18-25)26-30(21-9-4-2-5-10-21)27(39-32(26)22-11-6-3-7-12-22)28(34)31(29(30)35)23-13-8-14-24(19-23)33(36)37/h2-19,26-27H,1H3. The van der Waals surface area contributed by atoms with Crippen LogP contribution in [0.4, 0.5) is 17.1 Å². The summed E-state index contributed by atoms with van der Waals surface area (Å²) >= 11 is 0. The molecule has 0 N–H and O–H groups in total. The van der Waals surface area contributed by atoms with Crippen LogP contribution in [-0.2, 0) is 19.8 Å². The Morgan fingerprint density at radius 1 is 0.846 bits per heavy atom. The molecule has 0 aliphatic carbocycles. The largest absolute Gasteiger partial charge is 0.497 e. The second kappa shape index (κ2) is 9.38. The summed E-state index contributed by atoms with van der Waals surface area (Å²) in [4.78, 5) is 47.1. The molecule has 0 bridgehead atoms. The van der Waals surface area contributed by atoms with E-state index in [4.69, 9.17) is 9.57 Å². The number of ether oxygens (including phenoxy) is 1. The molecule has 4 aromatic rings. The number of methoxy groups -OCH3 is 1. The highest BCUT2D eigenvalue weighted by molar-refractivity contribution is 6.28. The molecule has 2 aliphatic rings. The monoisotopic (exact) mass is 521 g/mol. The lowest BCUT2D eigenvalue weighted by atomic mass is 9.69. The highest BCUT2D eigenvalue weighted by Gasteiger charge is 2.72. The van der Waals surface area contributed by atoms with Crippen molar-refractivity contribution in [3.05, 3.63) is 130 Å². The average Bonchev–Trinajstić information content (AvgIpc) is 3.45. The minimum absolute atomic E-state index is 0.118. The molecule has 0 saturated carbocycles. The quantitative estimate of drug-likeness (QED) is 0.200. The zero-order valence-electron chi connectivity index (χ0n) is 20.8. The van der Waals surface area contributed by atoms with Crippen molar-refractivity contribution in [2.75, 3.05) is 17.1 Å². The molecule has 39 heavy (non-hydrogen) atoms. The van der Waals surface area contributed by atoms with E-state index in [2.05, 4.69) is 0 Å². The molecule has 0 aromatic heterocycles. The summed E-state index contributed by atoms with van der Waals surface area (Å²) < 4.78 is 5.35. The second-order valence-corrected chi connectivity index (χ2v) is 9.31. The van der Waals surface area contributed by atoms with Crippen molar-refractivity contribution in [3.63, 3.8) is 0 Å². The van der Waals surface area contributed by atoms with Crippen LogP contribution in [0.5, 0.6) is 5.75 Å². The van der Waals surface area contributed by atoms with Gasteiger partial charge in [-0.3, -0.25) is 24.5 Å². The number of imide groups is 1. The number of carbonyl (C=O) groups is 2. The maximum Gasteiger partial charge on any atom is 0.271 e. The van der Waals surface area contributed by atoms with E-state index in [1.54, 1.807) is 24.3 Å². The molecule has 194 valence electrons. The first-order valence-electron chi connectivity index (χ1n) is 12.3. The van der Waals surface area contributed by atoms with Gasteiger partial charge in [-0.15, -0.1) is 0 Å². The van der Waals surface area contributed by atoms with Gasteiger partial charge in [0.25, 0.3) is 11.6 Å². The van der Waals surface area contributed by atoms with Gasteiger partial charge in [-0.2, -0.15) is 0 Å². The molecule has 2 aliphatic heterocycles. The number of nitro benzene ring substituents is 1. The number of para-hydroxylation sites is 1. The first kappa shape index (κ1) is 24.3. The normalized spacial score (nSPS) is 22.2. The Bertz CT molecular complexity index is 1560. The summed E-state index contributed by atoms with van der Waals surface area (Å²) in [5.74, 6) is -0.481. The fraction of sp³-hybridized carbons (Fsp3) is 0.133. The number of hydrogen-bond acceptors (Lipinski definition) is 7. The topological polar surface area (TPSA) is 102 Å². The fourth-order valence-electron chi connectivity index (χ4n) is 5.56. The lowest BCUT2D eigenvalue weighted by Gasteiger charge is -2.35. The Morgan fingerprint density at radius 2 is 1.49 bits per heavy atom. The Labute approximate surface area is 223 Å². The maximum absolute atomic E-state index is 14.7. The van der Waals surface area contributed by atoms with Crippen LogP contribution in [0, 0.1) is 10.1 Å². The number of anilines is 2. The zero-order valence-corrected chi connectivity index (χ0v) is 20.8. The van der Waals surface area contributed by atoms with Crippen LogP contribution in [-0.4, -0.2) is 30.0 Å². The number of nitrogens with zero attached hydrogens (tertiary/aromatic N) is 3. The Balaban J connectivity index is 1.60. The van der Waals surface area contributed by atoms with Gasteiger partial charge in [-0.25, -0.2) is 9.96 Å². The number of nitro groups is 1. The minimum atomic E-state index is -1.49. The molecule has 2 heterocycles. The van der Waals surface area contributed by atoms with Crippen molar-refractivity contribution < 1.29 is 24.1 Å². The van der Waals surface area contributed by atoms with E-state index in [0.29, 0.717) is 17.0 Å². The van der Waals surface area contributed by atoms with Gasteiger partial charge in [0.05, 0.1) is 23.4 Å². The summed E-state index contributed by atoms with van der Waals surface area (Å²) in [5, 5.41) is 13.1. The number of amides is 2. The second-order valence-electron chi connectivity index (χ2n) is 9.31. The van der Waals surface area contributed by atoms with Gasteiger partial charge < -0.3 is 4.74 Å². The molecule has 2 saturated heterocycles. The number of benzene rings is 4. The summed E-state index contributed by atoms with van der Waals surface area (Å²) in [6.07, 6.45) is -1.22. The van der Waals surface area contributed by atoms with Gasteiger partial charge in [-0.05, 0) is 41.5 Å². The number of fused-ring (bicyclic) bond motifs is 1. The molecule has 6 rings (SSSR count). The Morgan fingerprint density at radius 3 is 2.13 bits per heavy atom. The number of carbonyl (C=O) groups excluding carboxylic acids is 2. The third-order valence-electron chi connectivity index (χ3n) is 7.29. The lowest BCUT2D eigenvalue weighted by molar-refractivity contribution is -0.384. The highest BCUT2D eigenvalue weighted by atomic mass is 16.7. The highest BCUT2D eigenvalue weighted by Crippen LogP contribution is 2.57. The molecule has 2 fully saturated rings. The number of non-ortho nitro benzene ring substituents is 1. The summed E-state index contributed by atoms with van der Waals surface area (Å²) in [5.41, 5.74) is 0.400. The van der Waals surface area contributed by atoms with E-state index in [0.717, 1.165) is 10.5 Å². The third-order valence-corrected chi connectivity index (χ3v) is 7.29. The van der Waals surface area contributed by atoms with Crippen molar-refractivity contribution in [2.45, 2.75) is 17.6 Å². The van der Waals surface area contributed by atoms with Gasteiger partial charge in [0.1, 0.15) is 17.2 Å². The Kier molecular flexibility index (Phi) is 5.85. The molecular weight excluding hydrogens is 498 g/mol. The number of hydroxylamine groups is 1. The van der Waals surface area contributed by atoms with Gasteiger partial charge in [0, 0.05) is 12.1 Å². The van der Waals surface area contributed by atoms with Crippen molar-refractivity contribution in [3.8, 4) is 5.75 Å². The van der Waals surface area contributed by atoms with Crippen LogP contribution in [0.2, 0.25) is 0 Å². The molecule has 9 nitrogen and oxygen atoms in total. The van der Waals surface area contributed by atoms with E-state index < -0.39 is 34.3 Å². The molecular formula is C30H23N3O6. The van der Waals surface area contributed by atoms with Crippen LogP contribution in [0.25, 0.3) is 0 Å². The van der Waals surface area contributed by atoms with Gasteiger partial charge >= 0.3 is 0 Å². The van der Waals surface area contributed by atoms with Crippen molar-refractivity contribution in [1.82, 2.24) is 0 Å². The van der Waals surface area contributed by atoms with Gasteiger partial charge in [0.2, 0.25) is 5.91 Å². The maximum atomic E-state index is 14.7. The van der Waals surface area contributed by atoms with E-state index >= 15 is 0 Å². The van der Waals surface area contributed by atoms with Crippen LogP contribution in [0.1, 0.15) is 17.2 Å². The SMILES string of the molecule is COc1ccc(C2N(c3ccccc3)OC3C(=O)N(c4cccc([N+](=O)[O-])c4)C(=O)C32c2ccccc2)cc1. The molecule has 0 spiro atoms. The summed E-state index contributed by atoms with van der Waals surface area (Å²) in [7, 11) is 1.57. The molecule has 3 unspecified atom stereocenters. The van der Waals surface area contributed by atoms with Crippen LogP contribution < -0.4 is 14.7 Å². The smallest absolute Gasteiger partial charge is 0.271 e. The summed E-state index contributed by atoms with van der Waals surface area (Å²) in [6.45, 7) is 0. The zero-order chi connectivity index (χ0) is 27.1. The average molecular weight is 522 g/mol. The van der Waals surface area contributed by atoms with Crippen LogP contribution >= 0.6 is 0 Å².